The van der Waals surface area contributed by atoms with Gasteiger partial charge in [0.05, 0.1) is 6.07 Å². The molecule has 3 heteroatoms. The zero-order chi connectivity index (χ0) is 12.2. The summed E-state index contributed by atoms with van der Waals surface area (Å²) in [6, 6.07) is 3.56. The molecule has 1 rings (SSSR count). The van der Waals surface area contributed by atoms with Gasteiger partial charge < -0.3 is 10.2 Å². The Labute approximate surface area is 99.8 Å². The molecule has 16 heavy (non-hydrogen) atoms. The van der Waals surface area contributed by atoms with Gasteiger partial charge in [-0.1, -0.05) is 12.8 Å². The normalized spacial score (nSPS) is 23.0. The van der Waals surface area contributed by atoms with E-state index in [0.717, 1.165) is 12.5 Å². The van der Waals surface area contributed by atoms with Crippen molar-refractivity contribution in [1.29, 1.82) is 5.26 Å². The third-order valence-electron chi connectivity index (χ3n) is 4.10. The molecule has 0 radical (unpaired) electrons. The van der Waals surface area contributed by atoms with Gasteiger partial charge in [0.25, 0.3) is 0 Å². The molecule has 0 bridgehead atoms. The van der Waals surface area contributed by atoms with Crippen LogP contribution in [0.1, 0.15) is 46.0 Å². The van der Waals surface area contributed by atoms with Crippen molar-refractivity contribution in [1.82, 2.24) is 10.2 Å². The van der Waals surface area contributed by atoms with Crippen LogP contribution < -0.4 is 5.32 Å². The van der Waals surface area contributed by atoms with E-state index >= 15 is 0 Å². The lowest BCUT2D eigenvalue weighted by molar-refractivity contribution is 0.160. The monoisotopic (exact) mass is 223 g/mol. The lowest BCUT2D eigenvalue weighted by atomic mass is 9.94. The van der Waals surface area contributed by atoms with E-state index in [1.807, 2.05) is 14.0 Å². The van der Waals surface area contributed by atoms with E-state index in [2.05, 4.69) is 30.3 Å². The summed E-state index contributed by atoms with van der Waals surface area (Å²) in [6.45, 7) is 4.21. The van der Waals surface area contributed by atoms with E-state index in [1.165, 1.54) is 25.7 Å². The number of hydrogen-bond acceptors (Lipinski definition) is 3. The predicted molar refractivity (Wildman–Crippen MR) is 67.2 cm³/mol. The molecule has 2 unspecified atom stereocenters. The van der Waals surface area contributed by atoms with Crippen LogP contribution in [0, 0.1) is 11.3 Å². The Morgan fingerprint density at radius 1 is 1.50 bits per heavy atom. The molecule has 0 heterocycles. The first-order valence-corrected chi connectivity index (χ1v) is 6.34. The smallest absolute Gasteiger partial charge is 0.105 e. The highest BCUT2D eigenvalue weighted by atomic mass is 15.2. The molecule has 0 aromatic heterocycles. The Morgan fingerprint density at radius 3 is 2.50 bits per heavy atom. The first-order chi connectivity index (χ1) is 7.52. The van der Waals surface area contributed by atoms with Crippen molar-refractivity contribution < 1.29 is 0 Å². The Morgan fingerprint density at radius 2 is 2.06 bits per heavy atom. The summed E-state index contributed by atoms with van der Waals surface area (Å²) in [5.74, 6) is 0. The lowest BCUT2D eigenvalue weighted by Gasteiger charge is -2.34. The van der Waals surface area contributed by atoms with Crippen LogP contribution in [0.2, 0.25) is 0 Å². The number of rotatable bonds is 5. The number of nitrogens with one attached hydrogen (secondary N) is 1. The van der Waals surface area contributed by atoms with Gasteiger partial charge in [-0.2, -0.15) is 5.26 Å². The summed E-state index contributed by atoms with van der Waals surface area (Å²) < 4.78 is 0. The quantitative estimate of drug-likeness (QED) is 0.776. The molecule has 0 aromatic carbocycles. The second kappa shape index (κ2) is 5.65. The molecule has 1 aliphatic rings. The molecule has 3 nitrogen and oxygen atoms in total. The van der Waals surface area contributed by atoms with Crippen LogP contribution in [-0.4, -0.2) is 36.6 Å². The molecule has 1 saturated carbocycles. The highest BCUT2D eigenvalue weighted by Crippen LogP contribution is 2.26. The van der Waals surface area contributed by atoms with Gasteiger partial charge in [-0.3, -0.25) is 0 Å². The minimum absolute atomic E-state index is 0.397. The van der Waals surface area contributed by atoms with Crippen molar-refractivity contribution in [3.8, 4) is 6.07 Å². The molecule has 0 spiro atoms. The van der Waals surface area contributed by atoms with Gasteiger partial charge in [-0.25, -0.2) is 0 Å². The number of nitriles is 1. The van der Waals surface area contributed by atoms with Gasteiger partial charge in [0.15, 0.2) is 0 Å². The van der Waals surface area contributed by atoms with Gasteiger partial charge in [0.2, 0.25) is 0 Å². The third kappa shape index (κ3) is 3.20. The van der Waals surface area contributed by atoms with E-state index < -0.39 is 5.54 Å². The highest BCUT2D eigenvalue weighted by molar-refractivity contribution is 5.04. The zero-order valence-electron chi connectivity index (χ0n) is 11.1. The maximum atomic E-state index is 9.15. The van der Waals surface area contributed by atoms with E-state index in [-0.39, 0.29) is 0 Å². The van der Waals surface area contributed by atoms with Crippen molar-refractivity contribution in [3.63, 3.8) is 0 Å². The average molecular weight is 223 g/mol. The van der Waals surface area contributed by atoms with Crippen molar-refractivity contribution in [2.24, 2.45) is 0 Å². The van der Waals surface area contributed by atoms with Crippen LogP contribution in [0.4, 0.5) is 0 Å². The van der Waals surface area contributed by atoms with Crippen molar-refractivity contribution in [3.05, 3.63) is 0 Å². The molecule has 92 valence electrons. The van der Waals surface area contributed by atoms with Gasteiger partial charge >= 0.3 is 0 Å². The van der Waals surface area contributed by atoms with Crippen LogP contribution in [0.5, 0.6) is 0 Å². The first-order valence-electron chi connectivity index (χ1n) is 6.34. The fraction of sp³-hybridized carbons (Fsp3) is 0.923. The molecule has 0 aliphatic heterocycles. The van der Waals surface area contributed by atoms with Crippen LogP contribution in [-0.2, 0) is 0 Å². The molecule has 0 saturated heterocycles. The largest absolute Gasteiger partial charge is 0.303 e. The van der Waals surface area contributed by atoms with Crippen molar-refractivity contribution >= 4 is 0 Å². The SMILES string of the molecule is CNC(C)(C#N)CC(C)N(C)C1CCCC1. The van der Waals surface area contributed by atoms with Crippen molar-refractivity contribution in [2.45, 2.75) is 63.6 Å². The maximum Gasteiger partial charge on any atom is 0.105 e. The van der Waals surface area contributed by atoms with Gasteiger partial charge in [-0.05, 0) is 47.2 Å². The average Bonchev–Trinajstić information content (AvgIpc) is 2.81. The molecule has 1 fully saturated rings. The second-order valence-electron chi connectivity index (χ2n) is 5.35. The summed E-state index contributed by atoms with van der Waals surface area (Å²) >= 11 is 0. The van der Waals surface area contributed by atoms with E-state index in [9.17, 15) is 0 Å². The fourth-order valence-corrected chi connectivity index (χ4v) is 2.61. The van der Waals surface area contributed by atoms with Gasteiger partial charge in [0, 0.05) is 12.1 Å². The van der Waals surface area contributed by atoms with Gasteiger partial charge in [-0.15, -0.1) is 0 Å². The summed E-state index contributed by atoms with van der Waals surface area (Å²) in [4.78, 5) is 2.46. The lowest BCUT2D eigenvalue weighted by Crippen LogP contribution is -2.46. The molecule has 0 aromatic rings. The van der Waals surface area contributed by atoms with E-state index in [4.69, 9.17) is 5.26 Å². The summed E-state index contributed by atoms with van der Waals surface area (Å²) in [6.07, 6.45) is 6.26. The molecular formula is C13H25N3. The predicted octanol–water partition coefficient (Wildman–Crippen LogP) is 2.14. The van der Waals surface area contributed by atoms with Crippen molar-refractivity contribution in [2.75, 3.05) is 14.1 Å². The minimum atomic E-state index is -0.397. The van der Waals surface area contributed by atoms with Crippen LogP contribution >= 0.6 is 0 Å². The number of hydrogen-bond donors (Lipinski definition) is 1. The van der Waals surface area contributed by atoms with Crippen LogP contribution in [0.3, 0.4) is 0 Å². The minimum Gasteiger partial charge on any atom is -0.303 e. The molecule has 2 atom stereocenters. The molecular weight excluding hydrogens is 198 g/mol. The summed E-state index contributed by atoms with van der Waals surface area (Å²) in [5.41, 5.74) is -0.397. The van der Waals surface area contributed by atoms with E-state index in [0.29, 0.717) is 6.04 Å². The third-order valence-corrected chi connectivity index (χ3v) is 4.10. The Balaban J connectivity index is 2.50. The first kappa shape index (κ1) is 13.5. The molecule has 1 aliphatic carbocycles. The molecule has 1 N–H and O–H groups in total. The Bertz CT molecular complexity index is 252. The maximum absolute atomic E-state index is 9.15. The highest BCUT2D eigenvalue weighted by Gasteiger charge is 2.29. The topological polar surface area (TPSA) is 39.1 Å². The Kier molecular flexibility index (Phi) is 4.76. The number of nitrogens with zero attached hydrogens (tertiary/aromatic N) is 2. The second-order valence-corrected chi connectivity index (χ2v) is 5.35. The zero-order valence-corrected chi connectivity index (χ0v) is 11.1. The standard InChI is InChI=1S/C13H25N3/c1-11(9-13(2,10-14)15-3)16(4)12-7-5-6-8-12/h11-12,15H,5-9H2,1-4H3. The van der Waals surface area contributed by atoms with Gasteiger partial charge in [0.1, 0.15) is 5.54 Å². The van der Waals surface area contributed by atoms with E-state index in [1.54, 1.807) is 0 Å². The summed E-state index contributed by atoms with van der Waals surface area (Å²) in [5, 5.41) is 12.3. The summed E-state index contributed by atoms with van der Waals surface area (Å²) in [7, 11) is 4.07. The molecule has 0 amide bonds. The Hall–Kier alpha value is -0.590. The fourth-order valence-electron chi connectivity index (χ4n) is 2.61. The van der Waals surface area contributed by atoms with Crippen LogP contribution in [0.15, 0.2) is 0 Å². The van der Waals surface area contributed by atoms with Crippen LogP contribution in [0.25, 0.3) is 0 Å².